The van der Waals surface area contributed by atoms with Crippen molar-refractivity contribution in [3.05, 3.63) is 0 Å². The van der Waals surface area contributed by atoms with Crippen LogP contribution in [0, 0.1) is 17.8 Å². The minimum atomic E-state index is 0.740. The Labute approximate surface area is 101 Å². The highest BCUT2D eigenvalue weighted by Gasteiger charge is 2.19. The van der Waals surface area contributed by atoms with Crippen molar-refractivity contribution < 1.29 is 0 Å². The molecule has 0 aromatic rings. The molecule has 1 fully saturated rings. The fourth-order valence-corrected chi connectivity index (χ4v) is 2.64. The lowest BCUT2D eigenvalue weighted by Gasteiger charge is -2.23. The van der Waals surface area contributed by atoms with E-state index in [1.165, 1.54) is 38.9 Å². The van der Waals surface area contributed by atoms with Crippen LogP contribution >= 0.6 is 12.6 Å². The zero-order valence-electron chi connectivity index (χ0n) is 10.6. The third kappa shape index (κ3) is 4.78. The van der Waals surface area contributed by atoms with Gasteiger partial charge < -0.3 is 4.90 Å². The molecule has 0 bridgehead atoms. The maximum Gasteiger partial charge on any atom is 0.00148 e. The van der Waals surface area contributed by atoms with Gasteiger partial charge in [0, 0.05) is 6.54 Å². The van der Waals surface area contributed by atoms with Gasteiger partial charge in [-0.2, -0.15) is 12.6 Å². The SMILES string of the molecule is CC(CS)CN1CCCC(C(C)C)CC1. The number of hydrogen-bond acceptors (Lipinski definition) is 2. The van der Waals surface area contributed by atoms with Gasteiger partial charge in [0.1, 0.15) is 0 Å². The molecule has 1 nitrogen and oxygen atoms in total. The summed E-state index contributed by atoms with van der Waals surface area (Å²) >= 11 is 4.37. The van der Waals surface area contributed by atoms with Gasteiger partial charge in [-0.15, -0.1) is 0 Å². The summed E-state index contributed by atoms with van der Waals surface area (Å²) in [6, 6.07) is 0. The van der Waals surface area contributed by atoms with Gasteiger partial charge in [-0.05, 0) is 55.9 Å². The second-order valence-electron chi connectivity index (χ2n) is 5.52. The van der Waals surface area contributed by atoms with Crippen molar-refractivity contribution in [1.82, 2.24) is 4.90 Å². The molecule has 1 aliphatic rings. The summed E-state index contributed by atoms with van der Waals surface area (Å²) in [6.45, 7) is 10.9. The van der Waals surface area contributed by atoms with Crippen molar-refractivity contribution in [3.63, 3.8) is 0 Å². The zero-order valence-corrected chi connectivity index (χ0v) is 11.5. The van der Waals surface area contributed by atoms with Crippen LogP contribution in [0.5, 0.6) is 0 Å². The predicted molar refractivity (Wildman–Crippen MR) is 71.6 cm³/mol. The van der Waals surface area contributed by atoms with E-state index in [9.17, 15) is 0 Å². The third-order valence-electron chi connectivity index (χ3n) is 3.69. The van der Waals surface area contributed by atoms with Crippen molar-refractivity contribution >= 4 is 12.6 Å². The molecule has 15 heavy (non-hydrogen) atoms. The molecule has 2 heteroatoms. The third-order valence-corrected chi connectivity index (χ3v) is 4.31. The van der Waals surface area contributed by atoms with Crippen molar-refractivity contribution in [2.75, 3.05) is 25.4 Å². The molecule has 1 aliphatic heterocycles. The van der Waals surface area contributed by atoms with Gasteiger partial charge >= 0.3 is 0 Å². The largest absolute Gasteiger partial charge is 0.303 e. The number of likely N-dealkylation sites (tertiary alicyclic amines) is 1. The van der Waals surface area contributed by atoms with Crippen LogP contribution in [0.1, 0.15) is 40.0 Å². The van der Waals surface area contributed by atoms with Crippen LogP contribution in [0.2, 0.25) is 0 Å². The van der Waals surface area contributed by atoms with Crippen molar-refractivity contribution in [2.24, 2.45) is 17.8 Å². The molecule has 90 valence electrons. The molecule has 0 spiro atoms. The standard InChI is InChI=1S/C13H27NS/c1-11(2)13-5-4-7-14(8-6-13)9-12(3)10-15/h11-13,15H,4-10H2,1-3H3. The van der Waals surface area contributed by atoms with Gasteiger partial charge in [0.05, 0.1) is 0 Å². The van der Waals surface area contributed by atoms with E-state index in [4.69, 9.17) is 0 Å². The van der Waals surface area contributed by atoms with Gasteiger partial charge in [0.25, 0.3) is 0 Å². The summed E-state index contributed by atoms with van der Waals surface area (Å²) in [5.74, 6) is 3.59. The Morgan fingerprint density at radius 1 is 1.20 bits per heavy atom. The quantitative estimate of drug-likeness (QED) is 0.724. The molecule has 0 radical (unpaired) electrons. The average molecular weight is 229 g/mol. The molecule has 2 unspecified atom stereocenters. The summed E-state index contributed by atoms with van der Waals surface area (Å²) in [5.41, 5.74) is 0. The van der Waals surface area contributed by atoms with E-state index in [0.29, 0.717) is 0 Å². The number of rotatable bonds is 4. The molecule has 0 aliphatic carbocycles. The van der Waals surface area contributed by atoms with Crippen LogP contribution in [0.25, 0.3) is 0 Å². The molecule has 1 heterocycles. The number of nitrogens with zero attached hydrogens (tertiary/aromatic N) is 1. The average Bonchev–Trinajstić information content (AvgIpc) is 2.43. The lowest BCUT2D eigenvalue weighted by atomic mass is 9.89. The summed E-state index contributed by atoms with van der Waals surface area (Å²) < 4.78 is 0. The first kappa shape index (κ1) is 13.4. The van der Waals surface area contributed by atoms with E-state index in [-0.39, 0.29) is 0 Å². The van der Waals surface area contributed by atoms with Gasteiger partial charge in [-0.1, -0.05) is 20.8 Å². The predicted octanol–water partition coefficient (Wildman–Crippen LogP) is 3.31. The van der Waals surface area contributed by atoms with E-state index in [1.807, 2.05) is 0 Å². The van der Waals surface area contributed by atoms with Gasteiger partial charge in [0.2, 0.25) is 0 Å². The van der Waals surface area contributed by atoms with Crippen molar-refractivity contribution in [2.45, 2.75) is 40.0 Å². The van der Waals surface area contributed by atoms with Gasteiger partial charge in [-0.25, -0.2) is 0 Å². The maximum atomic E-state index is 4.37. The minimum absolute atomic E-state index is 0.740. The van der Waals surface area contributed by atoms with Crippen LogP contribution in [-0.2, 0) is 0 Å². The number of thiol groups is 1. The topological polar surface area (TPSA) is 3.24 Å². The Morgan fingerprint density at radius 2 is 1.93 bits per heavy atom. The van der Waals surface area contributed by atoms with E-state index < -0.39 is 0 Å². The van der Waals surface area contributed by atoms with E-state index in [2.05, 4.69) is 38.3 Å². The summed E-state index contributed by atoms with van der Waals surface area (Å²) in [5, 5.41) is 0. The van der Waals surface area contributed by atoms with Crippen LogP contribution in [0.15, 0.2) is 0 Å². The molecule has 1 saturated heterocycles. The first-order valence-electron chi connectivity index (χ1n) is 6.46. The lowest BCUT2D eigenvalue weighted by Crippen LogP contribution is -2.30. The Morgan fingerprint density at radius 3 is 2.53 bits per heavy atom. The molecule has 1 rings (SSSR count). The minimum Gasteiger partial charge on any atom is -0.303 e. The lowest BCUT2D eigenvalue weighted by molar-refractivity contribution is 0.247. The van der Waals surface area contributed by atoms with Crippen LogP contribution in [0.4, 0.5) is 0 Å². The zero-order chi connectivity index (χ0) is 11.3. The summed E-state index contributed by atoms with van der Waals surface area (Å²) in [6.07, 6.45) is 4.22. The normalized spacial score (nSPS) is 26.6. The van der Waals surface area contributed by atoms with E-state index in [0.717, 1.165) is 23.5 Å². The molecule has 0 aromatic heterocycles. The van der Waals surface area contributed by atoms with Crippen LogP contribution in [-0.4, -0.2) is 30.3 Å². The fraction of sp³-hybridized carbons (Fsp3) is 1.00. The Balaban J connectivity index is 2.32. The fourth-order valence-electron chi connectivity index (χ4n) is 2.53. The monoisotopic (exact) mass is 229 g/mol. The Kier molecular flexibility index (Phi) is 6.06. The second kappa shape index (κ2) is 6.80. The smallest absolute Gasteiger partial charge is 0.00148 e. The van der Waals surface area contributed by atoms with Crippen molar-refractivity contribution in [3.8, 4) is 0 Å². The van der Waals surface area contributed by atoms with Crippen LogP contribution in [0.3, 0.4) is 0 Å². The summed E-state index contributed by atoms with van der Waals surface area (Å²) in [7, 11) is 0. The van der Waals surface area contributed by atoms with E-state index >= 15 is 0 Å². The first-order valence-corrected chi connectivity index (χ1v) is 7.10. The highest BCUT2D eigenvalue weighted by molar-refractivity contribution is 7.80. The highest BCUT2D eigenvalue weighted by Crippen LogP contribution is 2.24. The molecular formula is C13H27NS. The molecule has 0 saturated carbocycles. The molecule has 0 amide bonds. The van der Waals surface area contributed by atoms with E-state index in [1.54, 1.807) is 0 Å². The van der Waals surface area contributed by atoms with Crippen LogP contribution < -0.4 is 0 Å². The highest BCUT2D eigenvalue weighted by atomic mass is 32.1. The van der Waals surface area contributed by atoms with Gasteiger partial charge in [0.15, 0.2) is 0 Å². The second-order valence-corrected chi connectivity index (χ2v) is 5.89. The molecule has 0 aromatic carbocycles. The maximum absolute atomic E-state index is 4.37. The Hall–Kier alpha value is 0.310. The number of hydrogen-bond donors (Lipinski definition) is 1. The molecule has 2 atom stereocenters. The Bertz CT molecular complexity index is 170. The molecule has 0 N–H and O–H groups in total. The first-order chi connectivity index (χ1) is 7.13. The summed E-state index contributed by atoms with van der Waals surface area (Å²) in [4.78, 5) is 2.64. The van der Waals surface area contributed by atoms with Gasteiger partial charge in [-0.3, -0.25) is 0 Å². The molecular weight excluding hydrogens is 202 g/mol. The van der Waals surface area contributed by atoms with Crippen molar-refractivity contribution in [1.29, 1.82) is 0 Å².